The summed E-state index contributed by atoms with van der Waals surface area (Å²) in [7, 11) is -3.97. The lowest BCUT2D eigenvalue weighted by Gasteiger charge is -2.34. The van der Waals surface area contributed by atoms with Gasteiger partial charge in [0.2, 0.25) is 10.0 Å². The minimum Gasteiger partial charge on any atom is -0.378 e. The van der Waals surface area contributed by atoms with Crippen LogP contribution in [-0.2, 0) is 14.8 Å². The molecule has 0 saturated carbocycles. The molecule has 0 bridgehead atoms. The molecular formula is C16H14FN3O3S. The quantitative estimate of drug-likeness (QED) is 0.846. The molecule has 0 N–H and O–H groups in total. The molecule has 0 spiro atoms. The minimum absolute atomic E-state index is 0.114. The molecule has 1 unspecified atom stereocenters. The molecule has 1 aliphatic heterocycles. The Balaban J connectivity index is 2.06. The number of sulfonamides is 1. The van der Waals surface area contributed by atoms with Gasteiger partial charge in [-0.1, -0.05) is 12.1 Å². The molecule has 0 aliphatic carbocycles. The lowest BCUT2D eigenvalue weighted by atomic mass is 10.1. The van der Waals surface area contributed by atoms with Crippen molar-refractivity contribution in [1.29, 1.82) is 5.26 Å². The van der Waals surface area contributed by atoms with Crippen molar-refractivity contribution in [3.63, 3.8) is 0 Å². The Hall–Kier alpha value is -2.34. The number of nitrogens with zero attached hydrogens (tertiary/aromatic N) is 3. The maximum Gasteiger partial charge on any atom is 0.246 e. The van der Waals surface area contributed by atoms with Gasteiger partial charge in [0, 0.05) is 12.7 Å². The van der Waals surface area contributed by atoms with Crippen LogP contribution in [0.25, 0.3) is 0 Å². The molecule has 8 heteroatoms. The molecule has 1 fully saturated rings. The number of rotatable bonds is 3. The first kappa shape index (κ1) is 16.5. The molecule has 124 valence electrons. The van der Waals surface area contributed by atoms with Crippen molar-refractivity contribution >= 4 is 10.0 Å². The second kappa shape index (κ2) is 6.65. The Morgan fingerprint density at radius 1 is 1.33 bits per heavy atom. The van der Waals surface area contributed by atoms with Crippen LogP contribution in [0.15, 0.2) is 47.5 Å². The third-order valence-corrected chi connectivity index (χ3v) is 5.72. The van der Waals surface area contributed by atoms with E-state index in [1.165, 1.54) is 40.8 Å². The van der Waals surface area contributed by atoms with Gasteiger partial charge in [-0.3, -0.25) is 0 Å². The van der Waals surface area contributed by atoms with E-state index in [0.717, 1.165) is 0 Å². The van der Waals surface area contributed by atoms with Crippen molar-refractivity contribution in [2.75, 3.05) is 19.8 Å². The summed E-state index contributed by atoms with van der Waals surface area (Å²) in [5, 5.41) is 9.13. The van der Waals surface area contributed by atoms with E-state index in [4.69, 9.17) is 10.00 Å². The van der Waals surface area contributed by atoms with Crippen LogP contribution < -0.4 is 0 Å². The topological polar surface area (TPSA) is 83.3 Å². The second-order valence-corrected chi connectivity index (χ2v) is 7.08. The average Bonchev–Trinajstić information content (AvgIpc) is 2.61. The van der Waals surface area contributed by atoms with E-state index < -0.39 is 21.9 Å². The zero-order valence-corrected chi connectivity index (χ0v) is 13.4. The highest BCUT2D eigenvalue weighted by atomic mass is 32.2. The number of morpholine rings is 1. The first-order valence-corrected chi connectivity index (χ1v) is 8.68. The molecule has 0 radical (unpaired) electrons. The molecule has 1 aromatic carbocycles. The fraction of sp³-hybridized carbons (Fsp3) is 0.250. The predicted octanol–water partition coefficient (Wildman–Crippen LogP) is 1.85. The normalized spacial score (nSPS) is 18.9. The fourth-order valence-corrected chi connectivity index (χ4v) is 4.34. The van der Waals surface area contributed by atoms with Gasteiger partial charge in [-0.2, -0.15) is 9.57 Å². The van der Waals surface area contributed by atoms with E-state index in [1.807, 2.05) is 0 Å². The largest absolute Gasteiger partial charge is 0.378 e. The molecular weight excluding hydrogens is 333 g/mol. The second-order valence-electron chi connectivity index (χ2n) is 5.22. The van der Waals surface area contributed by atoms with E-state index in [2.05, 4.69) is 4.98 Å². The number of ether oxygens (including phenoxy) is 1. The molecule has 0 amide bonds. The van der Waals surface area contributed by atoms with Crippen molar-refractivity contribution in [2.45, 2.75) is 10.9 Å². The van der Waals surface area contributed by atoms with Crippen molar-refractivity contribution in [3.8, 4) is 6.07 Å². The Kier molecular flexibility index (Phi) is 4.57. The Morgan fingerprint density at radius 2 is 2.17 bits per heavy atom. The lowest BCUT2D eigenvalue weighted by molar-refractivity contribution is 0.0319. The average molecular weight is 347 g/mol. The third kappa shape index (κ3) is 3.01. The zero-order chi connectivity index (χ0) is 17.2. The standard InChI is InChI=1S/C16H14FN3O3S/c17-13-4-1-3-12(9-13)15-11-23-8-7-20(15)24(21,22)16-5-2-6-19-14(16)10-18/h1-6,9,15H,7-8,11H2. The molecule has 3 rings (SSSR count). The Morgan fingerprint density at radius 3 is 2.92 bits per heavy atom. The van der Waals surface area contributed by atoms with Crippen LogP contribution in [0.2, 0.25) is 0 Å². The van der Waals surface area contributed by atoms with Crippen molar-refractivity contribution in [3.05, 3.63) is 59.7 Å². The number of pyridine rings is 1. The van der Waals surface area contributed by atoms with Crippen LogP contribution in [0.5, 0.6) is 0 Å². The van der Waals surface area contributed by atoms with Gasteiger partial charge >= 0.3 is 0 Å². The van der Waals surface area contributed by atoms with E-state index in [1.54, 1.807) is 12.1 Å². The highest BCUT2D eigenvalue weighted by molar-refractivity contribution is 7.89. The minimum atomic E-state index is -3.97. The van der Waals surface area contributed by atoms with Crippen LogP contribution in [0.4, 0.5) is 4.39 Å². The Labute approximate surface area is 139 Å². The van der Waals surface area contributed by atoms with Crippen molar-refractivity contribution in [1.82, 2.24) is 9.29 Å². The van der Waals surface area contributed by atoms with Gasteiger partial charge in [0.25, 0.3) is 0 Å². The zero-order valence-electron chi connectivity index (χ0n) is 12.6. The summed E-state index contributed by atoms with van der Waals surface area (Å²) in [5.74, 6) is -0.450. The third-order valence-electron chi connectivity index (χ3n) is 3.78. The summed E-state index contributed by atoms with van der Waals surface area (Å²) in [6.07, 6.45) is 1.36. The lowest BCUT2D eigenvalue weighted by Crippen LogP contribution is -2.43. The van der Waals surface area contributed by atoms with Gasteiger partial charge in [-0.05, 0) is 29.8 Å². The summed E-state index contributed by atoms with van der Waals surface area (Å²) in [4.78, 5) is 3.66. The van der Waals surface area contributed by atoms with E-state index in [9.17, 15) is 12.8 Å². The highest BCUT2D eigenvalue weighted by Gasteiger charge is 2.36. The van der Waals surface area contributed by atoms with Crippen LogP contribution in [-0.4, -0.2) is 37.5 Å². The van der Waals surface area contributed by atoms with Gasteiger partial charge in [-0.15, -0.1) is 0 Å². The van der Waals surface area contributed by atoms with E-state index in [0.29, 0.717) is 5.56 Å². The van der Waals surface area contributed by atoms with Crippen LogP contribution in [0.1, 0.15) is 17.3 Å². The Bertz CT molecular complexity index is 895. The number of hydrogen-bond acceptors (Lipinski definition) is 5. The fourth-order valence-electron chi connectivity index (χ4n) is 2.66. The maximum absolute atomic E-state index is 13.5. The van der Waals surface area contributed by atoms with Gasteiger partial charge in [0.1, 0.15) is 16.8 Å². The van der Waals surface area contributed by atoms with Gasteiger partial charge in [0.05, 0.1) is 19.3 Å². The summed E-state index contributed by atoms with van der Waals surface area (Å²) in [6, 6.07) is 9.70. The molecule has 6 nitrogen and oxygen atoms in total. The van der Waals surface area contributed by atoms with Crippen LogP contribution in [0.3, 0.4) is 0 Å². The summed E-state index contributed by atoms with van der Waals surface area (Å²) < 4.78 is 46.2. The van der Waals surface area contributed by atoms with Crippen LogP contribution >= 0.6 is 0 Å². The van der Waals surface area contributed by atoms with Crippen molar-refractivity contribution in [2.24, 2.45) is 0 Å². The smallest absolute Gasteiger partial charge is 0.246 e. The number of nitriles is 1. The van der Waals surface area contributed by atoms with Crippen LogP contribution in [0, 0.1) is 17.1 Å². The summed E-state index contributed by atoms with van der Waals surface area (Å²) in [5.41, 5.74) is 0.336. The number of halogens is 1. The first-order chi connectivity index (χ1) is 11.5. The molecule has 2 heterocycles. The van der Waals surface area contributed by atoms with Gasteiger partial charge < -0.3 is 4.74 Å². The van der Waals surface area contributed by atoms with Crippen molar-refractivity contribution < 1.29 is 17.5 Å². The SMILES string of the molecule is N#Cc1ncccc1S(=O)(=O)N1CCOCC1c1cccc(F)c1. The summed E-state index contributed by atoms with van der Waals surface area (Å²) in [6.45, 7) is 0.460. The molecule has 2 aromatic rings. The van der Waals surface area contributed by atoms with Gasteiger partial charge in [-0.25, -0.2) is 17.8 Å². The first-order valence-electron chi connectivity index (χ1n) is 7.24. The molecule has 1 saturated heterocycles. The predicted molar refractivity (Wildman–Crippen MR) is 82.8 cm³/mol. The number of hydrogen-bond donors (Lipinski definition) is 0. The number of benzene rings is 1. The molecule has 1 atom stereocenters. The van der Waals surface area contributed by atoms with E-state index >= 15 is 0 Å². The summed E-state index contributed by atoms with van der Waals surface area (Å²) >= 11 is 0. The molecule has 24 heavy (non-hydrogen) atoms. The number of aromatic nitrogens is 1. The van der Waals surface area contributed by atoms with Gasteiger partial charge in [0.15, 0.2) is 5.69 Å². The molecule has 1 aliphatic rings. The molecule has 1 aromatic heterocycles. The monoisotopic (exact) mass is 347 g/mol. The van der Waals surface area contributed by atoms with E-state index in [-0.39, 0.29) is 30.3 Å². The maximum atomic E-state index is 13.5. The highest BCUT2D eigenvalue weighted by Crippen LogP contribution is 2.31.